The van der Waals surface area contributed by atoms with Gasteiger partial charge in [-0.1, -0.05) is 67.9 Å². The molecule has 1 heterocycles. The highest BCUT2D eigenvalue weighted by Gasteiger charge is 2.38. The number of unbranched alkanes of at least 4 members (excludes halogenated alkanes) is 1. The van der Waals surface area contributed by atoms with Crippen molar-refractivity contribution >= 4 is 35.1 Å². The van der Waals surface area contributed by atoms with Gasteiger partial charge in [0.05, 0.1) is 29.6 Å². The number of benzene rings is 3. The summed E-state index contributed by atoms with van der Waals surface area (Å²) in [6.07, 6.45) is 1.62. The molecule has 1 unspecified atom stereocenters. The molecule has 202 valence electrons. The van der Waals surface area contributed by atoms with Gasteiger partial charge in [0.15, 0.2) is 0 Å². The summed E-state index contributed by atoms with van der Waals surface area (Å²) < 4.78 is 19.4. The van der Waals surface area contributed by atoms with Crippen molar-refractivity contribution in [3.8, 4) is 0 Å². The Morgan fingerprint density at radius 1 is 0.974 bits per heavy atom. The molecule has 3 N–H and O–H groups in total. The fourth-order valence-electron chi connectivity index (χ4n) is 4.41. The third kappa shape index (κ3) is 6.43. The Balaban J connectivity index is 1.73. The van der Waals surface area contributed by atoms with Crippen LogP contribution in [0.1, 0.15) is 43.9 Å². The van der Waals surface area contributed by atoms with Gasteiger partial charge in [0, 0.05) is 12.2 Å². The van der Waals surface area contributed by atoms with Crippen molar-refractivity contribution < 1.29 is 23.5 Å². The molecule has 1 aliphatic heterocycles. The summed E-state index contributed by atoms with van der Waals surface area (Å²) in [5, 5.41) is 8.12. The topological polar surface area (TPSA) is 99.8 Å². The summed E-state index contributed by atoms with van der Waals surface area (Å²) in [6, 6.07) is 20.1. The van der Waals surface area contributed by atoms with Crippen LogP contribution in [0.25, 0.3) is 5.70 Å². The predicted octanol–water partition coefficient (Wildman–Crippen LogP) is 6.31. The van der Waals surface area contributed by atoms with Gasteiger partial charge >= 0.3 is 18.0 Å². The van der Waals surface area contributed by atoms with E-state index in [2.05, 4.69) is 16.0 Å². The number of halogens is 1. The number of hydrogen-bond donors (Lipinski definition) is 3. The number of anilines is 2. The molecule has 39 heavy (non-hydrogen) atoms. The molecule has 0 aromatic heterocycles. The molecule has 8 nitrogen and oxygen atoms in total. The molecule has 0 bridgehead atoms. The van der Waals surface area contributed by atoms with Crippen molar-refractivity contribution in [3.63, 3.8) is 0 Å². The van der Waals surface area contributed by atoms with Crippen LogP contribution in [0, 0.1) is 5.82 Å². The van der Waals surface area contributed by atoms with Crippen LogP contribution in [0.5, 0.6) is 0 Å². The molecule has 0 aliphatic carbocycles. The monoisotopic (exact) mass is 530 g/mol. The summed E-state index contributed by atoms with van der Waals surface area (Å²) in [5.41, 5.74) is 2.51. The Labute approximate surface area is 226 Å². The number of hydrogen-bond acceptors (Lipinski definition) is 4. The van der Waals surface area contributed by atoms with Crippen LogP contribution in [0.15, 0.2) is 84.4 Å². The van der Waals surface area contributed by atoms with E-state index in [9.17, 15) is 18.8 Å². The fraction of sp³-hybridized carbons (Fsp3) is 0.233. The Kier molecular flexibility index (Phi) is 8.94. The molecule has 1 aliphatic rings. The Morgan fingerprint density at radius 3 is 2.44 bits per heavy atom. The number of carbonyl (C=O) groups is 3. The lowest BCUT2D eigenvalue weighted by Crippen LogP contribution is -2.48. The number of ether oxygens (including phenoxy) is 1. The molecule has 4 rings (SSSR count). The minimum absolute atomic E-state index is 0.0397. The van der Waals surface area contributed by atoms with Crippen LogP contribution in [0.3, 0.4) is 0 Å². The number of amides is 4. The van der Waals surface area contributed by atoms with Crippen molar-refractivity contribution in [2.75, 3.05) is 23.8 Å². The smallest absolute Gasteiger partial charge is 0.338 e. The highest BCUT2D eigenvalue weighted by atomic mass is 19.1. The minimum atomic E-state index is -0.832. The molecular formula is C30H31FN4O4. The van der Waals surface area contributed by atoms with Gasteiger partial charge in [0.25, 0.3) is 0 Å². The third-order valence-corrected chi connectivity index (χ3v) is 6.20. The first-order chi connectivity index (χ1) is 18.9. The van der Waals surface area contributed by atoms with Crippen LogP contribution >= 0.6 is 0 Å². The fourth-order valence-corrected chi connectivity index (χ4v) is 4.41. The average Bonchev–Trinajstić information content (AvgIpc) is 2.93. The number of para-hydroxylation sites is 1. The predicted molar refractivity (Wildman–Crippen MR) is 148 cm³/mol. The number of esters is 1. The van der Waals surface area contributed by atoms with Crippen molar-refractivity contribution in [2.45, 2.75) is 32.7 Å². The second-order valence-electron chi connectivity index (χ2n) is 8.92. The van der Waals surface area contributed by atoms with Crippen molar-refractivity contribution in [3.05, 3.63) is 101 Å². The lowest BCUT2D eigenvalue weighted by atomic mass is 9.91. The zero-order valence-corrected chi connectivity index (χ0v) is 21.9. The van der Waals surface area contributed by atoms with Gasteiger partial charge in [0.2, 0.25) is 0 Å². The molecule has 0 radical (unpaired) electrons. The number of urea groups is 2. The van der Waals surface area contributed by atoms with E-state index in [0.29, 0.717) is 29.1 Å². The van der Waals surface area contributed by atoms with Gasteiger partial charge in [-0.15, -0.1) is 0 Å². The van der Waals surface area contributed by atoms with E-state index in [1.165, 1.54) is 18.2 Å². The van der Waals surface area contributed by atoms with Gasteiger partial charge < -0.3 is 20.7 Å². The number of carbonyl (C=O) groups excluding carboxylic acids is 3. The van der Waals surface area contributed by atoms with Crippen LogP contribution < -0.4 is 16.0 Å². The van der Waals surface area contributed by atoms with E-state index in [0.717, 1.165) is 18.4 Å². The maximum absolute atomic E-state index is 14.0. The van der Waals surface area contributed by atoms with E-state index in [-0.39, 0.29) is 18.3 Å². The average molecular weight is 531 g/mol. The molecule has 1 atom stereocenters. The van der Waals surface area contributed by atoms with E-state index in [4.69, 9.17) is 4.74 Å². The van der Waals surface area contributed by atoms with Gasteiger partial charge in [-0.05, 0) is 48.7 Å². The second-order valence-corrected chi connectivity index (χ2v) is 8.92. The van der Waals surface area contributed by atoms with Gasteiger partial charge in [0.1, 0.15) is 5.82 Å². The van der Waals surface area contributed by atoms with Crippen LogP contribution in [-0.2, 0) is 9.53 Å². The van der Waals surface area contributed by atoms with Gasteiger partial charge in [-0.25, -0.2) is 18.8 Å². The zero-order valence-electron chi connectivity index (χ0n) is 21.9. The molecule has 4 amide bonds. The number of nitrogens with zero attached hydrogens (tertiary/aromatic N) is 1. The quantitative estimate of drug-likeness (QED) is 0.282. The second kappa shape index (κ2) is 12.7. The number of nitrogens with one attached hydrogen (secondary N) is 3. The van der Waals surface area contributed by atoms with E-state index >= 15 is 0 Å². The number of rotatable bonds is 9. The first-order valence-corrected chi connectivity index (χ1v) is 12.9. The molecule has 3 aromatic carbocycles. The van der Waals surface area contributed by atoms with Crippen molar-refractivity contribution in [1.82, 2.24) is 10.2 Å². The van der Waals surface area contributed by atoms with E-state index in [1.54, 1.807) is 42.2 Å². The zero-order chi connectivity index (χ0) is 27.8. The summed E-state index contributed by atoms with van der Waals surface area (Å²) in [7, 11) is 0. The molecule has 0 saturated heterocycles. The van der Waals surface area contributed by atoms with E-state index in [1.807, 2.05) is 37.3 Å². The standard InChI is InChI=1S/C30H31FN4O4/c1-3-5-18-35-27(20-12-7-6-8-13-20)25(28(36)39-4-2)26(34-30(35)38)21-14-11-15-22(19-21)32-29(37)33-24-17-10-9-16-23(24)31/h6-17,19,26H,3-5,18H2,1-2H3,(H,34,38)(H2,32,33,37). The molecule has 0 spiro atoms. The molecule has 9 heteroatoms. The van der Waals surface area contributed by atoms with Gasteiger partial charge in [-0.3, -0.25) is 4.90 Å². The molecule has 0 saturated carbocycles. The Hall–Kier alpha value is -4.66. The maximum Gasteiger partial charge on any atom is 0.338 e. The Morgan fingerprint density at radius 2 is 1.72 bits per heavy atom. The summed E-state index contributed by atoms with van der Waals surface area (Å²) in [4.78, 5) is 41.0. The molecular weight excluding hydrogens is 499 g/mol. The highest BCUT2D eigenvalue weighted by molar-refractivity contribution is 6.05. The van der Waals surface area contributed by atoms with Crippen LogP contribution in [0.4, 0.5) is 25.4 Å². The summed E-state index contributed by atoms with van der Waals surface area (Å²) in [5.74, 6) is -1.10. The maximum atomic E-state index is 14.0. The van der Waals surface area contributed by atoms with Crippen molar-refractivity contribution in [1.29, 1.82) is 0 Å². The van der Waals surface area contributed by atoms with Gasteiger partial charge in [-0.2, -0.15) is 0 Å². The summed E-state index contributed by atoms with van der Waals surface area (Å²) in [6.45, 7) is 4.35. The first kappa shape index (κ1) is 27.4. The minimum Gasteiger partial charge on any atom is -0.463 e. The van der Waals surface area contributed by atoms with Crippen LogP contribution in [-0.4, -0.2) is 36.1 Å². The highest BCUT2D eigenvalue weighted by Crippen LogP contribution is 2.37. The third-order valence-electron chi connectivity index (χ3n) is 6.20. The Bertz CT molecular complexity index is 1380. The lowest BCUT2D eigenvalue weighted by molar-refractivity contribution is -0.138. The van der Waals surface area contributed by atoms with Crippen molar-refractivity contribution in [2.24, 2.45) is 0 Å². The SMILES string of the molecule is CCCCN1C(=O)NC(c2cccc(NC(=O)Nc3ccccc3F)c2)C(C(=O)OCC)=C1c1ccccc1. The molecule has 3 aromatic rings. The normalized spacial score (nSPS) is 15.0. The largest absolute Gasteiger partial charge is 0.463 e. The lowest BCUT2D eigenvalue weighted by Gasteiger charge is -2.37. The van der Waals surface area contributed by atoms with E-state index < -0.39 is 23.9 Å². The first-order valence-electron chi connectivity index (χ1n) is 12.9. The molecule has 0 fully saturated rings. The van der Waals surface area contributed by atoms with Crippen LogP contribution in [0.2, 0.25) is 0 Å². The summed E-state index contributed by atoms with van der Waals surface area (Å²) >= 11 is 0.